The van der Waals surface area contributed by atoms with Crippen molar-refractivity contribution in [1.82, 2.24) is 14.5 Å². The summed E-state index contributed by atoms with van der Waals surface area (Å²) in [6.07, 6.45) is -1.25. The van der Waals surface area contributed by atoms with Gasteiger partial charge in [-0.15, -0.1) is 0 Å². The first-order valence-corrected chi connectivity index (χ1v) is 13.0. The number of hydrogen-bond acceptors (Lipinski definition) is 4. The van der Waals surface area contributed by atoms with E-state index >= 15 is 0 Å². The zero-order valence-corrected chi connectivity index (χ0v) is 20.0. The van der Waals surface area contributed by atoms with Gasteiger partial charge in [0.15, 0.2) is 0 Å². The van der Waals surface area contributed by atoms with Crippen molar-refractivity contribution in [3.8, 4) is 0 Å². The van der Waals surface area contributed by atoms with Crippen LogP contribution in [0, 0.1) is 11.8 Å². The molecule has 2 saturated heterocycles. The van der Waals surface area contributed by atoms with Crippen LogP contribution in [0.5, 0.6) is 0 Å². The second-order valence-corrected chi connectivity index (χ2v) is 12.4. The first-order chi connectivity index (χ1) is 15.3. The molecule has 1 aromatic carbocycles. The van der Waals surface area contributed by atoms with Crippen molar-refractivity contribution in [1.29, 1.82) is 0 Å². The molecule has 4 rings (SSSR count). The fourth-order valence-corrected chi connectivity index (χ4v) is 7.28. The van der Waals surface area contributed by atoms with Crippen molar-refractivity contribution < 1.29 is 26.4 Å². The summed E-state index contributed by atoms with van der Waals surface area (Å²) in [7, 11) is -4.05. The maximum Gasteiger partial charge on any atom is 0.416 e. The smallest absolute Gasteiger partial charge is 0.352 e. The molecule has 0 aromatic heterocycles. The van der Waals surface area contributed by atoms with Crippen LogP contribution < -0.4 is 5.32 Å². The Labute approximate surface area is 193 Å². The van der Waals surface area contributed by atoms with Gasteiger partial charge in [-0.2, -0.15) is 17.5 Å². The minimum Gasteiger partial charge on any atom is -0.352 e. The fraction of sp³-hybridized carbons (Fsp3) is 0.696. The van der Waals surface area contributed by atoms with Gasteiger partial charge in [0.2, 0.25) is 15.9 Å². The lowest BCUT2D eigenvalue weighted by Crippen LogP contribution is -2.53. The molecule has 33 heavy (non-hydrogen) atoms. The SMILES string of the molecule is CC(C)(C)N1CCC[C@H]1C(=O)NC1CCC2CN(S(=O)(=O)c3cccc(C(F)(F)F)c3)C[C@@H]21. The normalized spacial score (nSPS) is 29.4. The summed E-state index contributed by atoms with van der Waals surface area (Å²) in [4.78, 5) is 15.0. The number of nitrogens with one attached hydrogen (secondary N) is 1. The Balaban J connectivity index is 1.45. The van der Waals surface area contributed by atoms with Gasteiger partial charge in [0.25, 0.3) is 0 Å². The fourth-order valence-electron chi connectivity index (χ4n) is 5.70. The molecule has 6 nitrogen and oxygen atoms in total. The predicted molar refractivity (Wildman–Crippen MR) is 118 cm³/mol. The summed E-state index contributed by atoms with van der Waals surface area (Å²) in [5.41, 5.74) is -1.09. The maximum absolute atomic E-state index is 13.1. The molecule has 2 aliphatic heterocycles. The highest BCUT2D eigenvalue weighted by Crippen LogP contribution is 2.41. The lowest BCUT2D eigenvalue weighted by atomic mass is 9.97. The molecule has 1 aromatic rings. The van der Waals surface area contributed by atoms with Crippen molar-refractivity contribution >= 4 is 15.9 Å². The monoisotopic (exact) mass is 487 g/mol. The molecule has 0 bridgehead atoms. The Morgan fingerprint density at radius 2 is 1.82 bits per heavy atom. The zero-order valence-electron chi connectivity index (χ0n) is 19.2. The van der Waals surface area contributed by atoms with Crippen molar-refractivity contribution in [2.24, 2.45) is 11.8 Å². The van der Waals surface area contributed by atoms with Crippen LogP contribution >= 0.6 is 0 Å². The van der Waals surface area contributed by atoms with Crippen molar-refractivity contribution in [3.05, 3.63) is 29.8 Å². The van der Waals surface area contributed by atoms with Gasteiger partial charge in [-0.1, -0.05) is 6.07 Å². The molecule has 1 amide bonds. The van der Waals surface area contributed by atoms with E-state index in [9.17, 15) is 26.4 Å². The standard InChI is InChI=1S/C23H32F3N3O3S/c1-22(2,3)29-11-5-8-20(29)21(30)27-19-10-9-15-13-28(14-18(15)19)33(31,32)17-7-4-6-16(12-17)23(24,25)26/h4,6-7,12,15,18-20H,5,8-11,13-14H2,1-3H3,(H,27,30)/t15?,18-,19?,20-/m0/s1. The number of amides is 1. The molecule has 1 aliphatic carbocycles. The number of fused-ring (bicyclic) bond motifs is 1. The third-order valence-corrected chi connectivity index (χ3v) is 9.19. The molecule has 2 unspecified atom stereocenters. The van der Waals surface area contributed by atoms with E-state index in [2.05, 4.69) is 31.0 Å². The Morgan fingerprint density at radius 1 is 1.09 bits per heavy atom. The van der Waals surface area contributed by atoms with Crippen LogP contribution in [-0.4, -0.2) is 60.8 Å². The largest absolute Gasteiger partial charge is 0.416 e. The molecule has 10 heteroatoms. The molecule has 1 N–H and O–H groups in total. The Morgan fingerprint density at radius 3 is 2.48 bits per heavy atom. The molecule has 184 valence electrons. The lowest BCUT2D eigenvalue weighted by Gasteiger charge is -2.37. The molecular formula is C23H32F3N3O3S. The van der Waals surface area contributed by atoms with Crippen LogP contribution in [0.4, 0.5) is 13.2 Å². The Hall–Kier alpha value is -1.65. The highest BCUT2D eigenvalue weighted by molar-refractivity contribution is 7.89. The van der Waals surface area contributed by atoms with E-state index in [4.69, 9.17) is 0 Å². The minimum absolute atomic E-state index is 0.00717. The lowest BCUT2D eigenvalue weighted by molar-refractivity contribution is -0.137. The Kier molecular flexibility index (Phi) is 6.33. The van der Waals surface area contributed by atoms with Gasteiger partial charge in [0.05, 0.1) is 16.5 Å². The van der Waals surface area contributed by atoms with E-state index in [0.29, 0.717) is 6.07 Å². The zero-order chi connectivity index (χ0) is 24.2. The third kappa shape index (κ3) is 4.79. The molecule has 0 spiro atoms. The quantitative estimate of drug-likeness (QED) is 0.706. The highest BCUT2D eigenvalue weighted by atomic mass is 32.2. The average molecular weight is 488 g/mol. The number of benzene rings is 1. The van der Waals surface area contributed by atoms with Gasteiger partial charge < -0.3 is 5.32 Å². The summed E-state index contributed by atoms with van der Waals surface area (Å²) in [6.45, 7) is 7.64. The van der Waals surface area contributed by atoms with Gasteiger partial charge >= 0.3 is 6.18 Å². The Bertz CT molecular complexity index is 1010. The minimum atomic E-state index is -4.61. The second-order valence-electron chi connectivity index (χ2n) is 10.5. The highest BCUT2D eigenvalue weighted by Gasteiger charge is 2.48. The second kappa shape index (κ2) is 8.53. The van der Waals surface area contributed by atoms with Gasteiger partial charge in [-0.05, 0) is 83.0 Å². The number of halogens is 3. The molecule has 0 radical (unpaired) electrons. The van der Waals surface area contributed by atoms with E-state index in [1.807, 2.05) is 0 Å². The topological polar surface area (TPSA) is 69.7 Å². The van der Waals surface area contributed by atoms with Crippen molar-refractivity contribution in [3.63, 3.8) is 0 Å². The number of sulfonamides is 1. The number of likely N-dealkylation sites (tertiary alicyclic amines) is 1. The van der Waals surface area contributed by atoms with Crippen molar-refractivity contribution in [2.45, 2.75) is 75.1 Å². The van der Waals surface area contributed by atoms with Gasteiger partial charge in [0.1, 0.15) is 0 Å². The van der Waals surface area contributed by atoms with Crippen LogP contribution in [0.1, 0.15) is 52.0 Å². The number of alkyl halides is 3. The van der Waals surface area contributed by atoms with E-state index in [1.165, 1.54) is 10.4 Å². The molecule has 3 aliphatic rings. The average Bonchev–Trinajstić information content (AvgIpc) is 3.44. The summed E-state index contributed by atoms with van der Waals surface area (Å²) in [6, 6.07) is 3.59. The van der Waals surface area contributed by atoms with Crippen LogP contribution in [0.25, 0.3) is 0 Å². The van der Waals surface area contributed by atoms with Gasteiger partial charge in [-0.25, -0.2) is 8.42 Å². The van der Waals surface area contributed by atoms with Gasteiger partial charge in [-0.3, -0.25) is 9.69 Å². The molecule has 2 heterocycles. The number of carbonyl (C=O) groups excluding carboxylic acids is 1. The number of rotatable bonds is 4. The molecule has 3 fully saturated rings. The summed E-state index contributed by atoms with van der Waals surface area (Å²) in [5.74, 6) is 0.0597. The van der Waals surface area contributed by atoms with E-state index < -0.39 is 21.8 Å². The first kappa shape index (κ1) is 24.5. The molecule has 1 saturated carbocycles. The van der Waals surface area contributed by atoms with Crippen molar-refractivity contribution in [2.75, 3.05) is 19.6 Å². The third-order valence-electron chi connectivity index (χ3n) is 7.37. The molecule has 4 atom stereocenters. The first-order valence-electron chi connectivity index (χ1n) is 11.5. The number of nitrogens with zero attached hydrogens (tertiary/aromatic N) is 2. The van der Waals surface area contributed by atoms with E-state index in [-0.39, 0.29) is 53.4 Å². The summed E-state index contributed by atoms with van der Waals surface area (Å²) in [5, 5.41) is 3.18. The van der Waals surface area contributed by atoms with Crippen LogP contribution in [-0.2, 0) is 21.0 Å². The van der Waals surface area contributed by atoms with Gasteiger partial charge in [0, 0.05) is 24.7 Å². The number of carbonyl (C=O) groups is 1. The van der Waals surface area contributed by atoms with E-state index in [1.54, 1.807) is 0 Å². The maximum atomic E-state index is 13.1. The van der Waals surface area contributed by atoms with Crippen LogP contribution in [0.2, 0.25) is 0 Å². The van der Waals surface area contributed by atoms with E-state index in [0.717, 1.165) is 44.4 Å². The van der Waals surface area contributed by atoms with Crippen LogP contribution in [0.3, 0.4) is 0 Å². The summed E-state index contributed by atoms with van der Waals surface area (Å²) >= 11 is 0. The number of hydrogen-bond donors (Lipinski definition) is 1. The summed E-state index contributed by atoms with van der Waals surface area (Å²) < 4.78 is 66.7. The molecular weight excluding hydrogens is 455 g/mol. The van der Waals surface area contributed by atoms with Crippen LogP contribution in [0.15, 0.2) is 29.2 Å². The predicted octanol–water partition coefficient (Wildman–Crippen LogP) is 3.48.